The fraction of sp³-hybridized carbons (Fsp3) is 0.857. The van der Waals surface area contributed by atoms with Crippen LogP contribution in [0.1, 0.15) is 52.3 Å². The van der Waals surface area contributed by atoms with Crippen molar-refractivity contribution in [3.8, 4) is 0 Å². The molecule has 1 aromatic heterocycles. The van der Waals surface area contributed by atoms with Crippen molar-refractivity contribution in [1.29, 1.82) is 0 Å². The van der Waals surface area contributed by atoms with Crippen molar-refractivity contribution in [1.82, 2.24) is 14.7 Å². The summed E-state index contributed by atoms with van der Waals surface area (Å²) >= 11 is 1.55. The van der Waals surface area contributed by atoms with Crippen LogP contribution in [0.5, 0.6) is 0 Å². The van der Waals surface area contributed by atoms with Crippen LogP contribution in [0.15, 0.2) is 0 Å². The lowest BCUT2D eigenvalue weighted by atomic mass is 9.99. The summed E-state index contributed by atoms with van der Waals surface area (Å²) < 4.78 is 4.49. The summed E-state index contributed by atoms with van der Waals surface area (Å²) in [6, 6.07) is 0.481. The maximum Gasteiger partial charge on any atom is 0.205 e. The quantitative estimate of drug-likeness (QED) is 0.901. The summed E-state index contributed by atoms with van der Waals surface area (Å²) in [6.07, 6.45) is 2.62. The molecule has 0 aromatic carbocycles. The fourth-order valence-electron chi connectivity index (χ4n) is 2.45. The summed E-state index contributed by atoms with van der Waals surface area (Å²) in [7, 11) is 0. The smallest absolute Gasteiger partial charge is 0.205 e. The molecule has 0 radical (unpaired) electrons. The molecule has 1 unspecified atom stereocenters. The van der Waals surface area contributed by atoms with Gasteiger partial charge in [0.15, 0.2) is 0 Å². The summed E-state index contributed by atoms with van der Waals surface area (Å²) in [5.74, 6) is 2.13. The van der Waals surface area contributed by atoms with Gasteiger partial charge in [-0.2, -0.15) is 4.37 Å². The summed E-state index contributed by atoms with van der Waals surface area (Å²) in [5, 5.41) is 4.58. The lowest BCUT2D eigenvalue weighted by Gasteiger charge is -2.32. The first-order valence-electron chi connectivity index (χ1n) is 7.39. The zero-order valence-corrected chi connectivity index (χ0v) is 13.3. The molecule has 0 bridgehead atoms. The third-order valence-electron chi connectivity index (χ3n) is 3.67. The molecule has 2 heterocycles. The van der Waals surface area contributed by atoms with Gasteiger partial charge in [-0.1, -0.05) is 13.8 Å². The van der Waals surface area contributed by atoms with Gasteiger partial charge >= 0.3 is 0 Å². The highest BCUT2D eigenvalue weighted by Gasteiger charge is 2.22. The van der Waals surface area contributed by atoms with E-state index in [9.17, 15) is 0 Å². The minimum absolute atomic E-state index is 0.412. The first-order chi connectivity index (χ1) is 9.08. The lowest BCUT2D eigenvalue weighted by molar-refractivity contribution is 0.371. The fourth-order valence-corrected chi connectivity index (χ4v) is 3.40. The molecule has 0 amide bonds. The van der Waals surface area contributed by atoms with E-state index in [0.29, 0.717) is 12.0 Å². The molecule has 108 valence electrons. The number of rotatable bonds is 5. The largest absolute Gasteiger partial charge is 0.344 e. The van der Waals surface area contributed by atoms with Crippen LogP contribution in [-0.2, 0) is 0 Å². The first kappa shape index (κ1) is 14.7. The van der Waals surface area contributed by atoms with Crippen LogP contribution in [-0.4, -0.2) is 35.0 Å². The molecule has 1 N–H and O–H groups in total. The number of nitrogens with one attached hydrogen (secondary N) is 1. The van der Waals surface area contributed by atoms with Crippen LogP contribution >= 0.6 is 11.5 Å². The van der Waals surface area contributed by atoms with Gasteiger partial charge in [-0.05, 0) is 45.7 Å². The Morgan fingerprint density at radius 3 is 2.68 bits per heavy atom. The average molecular weight is 282 g/mol. The Morgan fingerprint density at radius 2 is 2.16 bits per heavy atom. The van der Waals surface area contributed by atoms with Gasteiger partial charge in [0.05, 0.1) is 0 Å². The van der Waals surface area contributed by atoms with E-state index >= 15 is 0 Å². The Kier molecular flexibility index (Phi) is 5.16. The van der Waals surface area contributed by atoms with Crippen molar-refractivity contribution in [2.45, 2.75) is 52.5 Å². The van der Waals surface area contributed by atoms with Crippen molar-refractivity contribution in [3.63, 3.8) is 0 Å². The molecule has 1 aromatic rings. The maximum atomic E-state index is 4.71. The molecule has 2 rings (SSSR count). The van der Waals surface area contributed by atoms with Gasteiger partial charge in [0, 0.05) is 30.0 Å². The van der Waals surface area contributed by atoms with E-state index in [4.69, 9.17) is 4.98 Å². The molecule has 0 spiro atoms. The molecule has 5 heteroatoms. The summed E-state index contributed by atoms with van der Waals surface area (Å²) in [6.45, 7) is 12.2. The zero-order chi connectivity index (χ0) is 13.8. The first-order valence-corrected chi connectivity index (χ1v) is 8.16. The van der Waals surface area contributed by atoms with Crippen molar-refractivity contribution in [3.05, 3.63) is 5.82 Å². The van der Waals surface area contributed by atoms with E-state index in [1.54, 1.807) is 11.5 Å². The van der Waals surface area contributed by atoms with Gasteiger partial charge in [-0.25, -0.2) is 4.98 Å². The highest BCUT2D eigenvalue weighted by molar-refractivity contribution is 7.09. The molecular weight excluding hydrogens is 256 g/mol. The minimum atomic E-state index is 0.412. The Morgan fingerprint density at radius 1 is 1.37 bits per heavy atom. The standard InChI is InChI=1S/C14H26N4S/c1-10(2)13-16-14(19-17-13)18(11(3)4)9-12-6-5-7-15-8-12/h10-12,15H,5-9H2,1-4H3. The topological polar surface area (TPSA) is 41.1 Å². The van der Waals surface area contributed by atoms with Gasteiger partial charge in [-0.3, -0.25) is 0 Å². The number of hydrogen-bond donors (Lipinski definition) is 1. The highest BCUT2D eigenvalue weighted by atomic mass is 32.1. The number of piperidine rings is 1. The van der Waals surface area contributed by atoms with Crippen LogP contribution in [0.2, 0.25) is 0 Å². The lowest BCUT2D eigenvalue weighted by Crippen LogP contribution is -2.41. The predicted octanol–water partition coefficient (Wildman–Crippen LogP) is 2.88. The molecule has 1 aliphatic heterocycles. The van der Waals surface area contributed by atoms with Crippen LogP contribution in [0, 0.1) is 5.92 Å². The molecule has 0 saturated carbocycles. The maximum absolute atomic E-state index is 4.71. The van der Waals surface area contributed by atoms with Gasteiger partial charge < -0.3 is 10.2 Å². The Bertz CT molecular complexity index is 383. The van der Waals surface area contributed by atoms with Crippen molar-refractivity contribution < 1.29 is 0 Å². The van der Waals surface area contributed by atoms with Gasteiger partial charge in [0.2, 0.25) is 5.13 Å². The van der Waals surface area contributed by atoms with Crippen LogP contribution in [0.3, 0.4) is 0 Å². The molecule has 1 fully saturated rings. The van der Waals surface area contributed by atoms with Gasteiger partial charge in [0.25, 0.3) is 0 Å². The third-order valence-corrected chi connectivity index (χ3v) is 4.44. The van der Waals surface area contributed by atoms with Crippen molar-refractivity contribution in [2.75, 3.05) is 24.5 Å². The SMILES string of the molecule is CC(C)c1nsc(N(CC2CCCNC2)C(C)C)n1. The van der Waals surface area contributed by atoms with Gasteiger partial charge in [0.1, 0.15) is 5.82 Å². The average Bonchev–Trinajstić information content (AvgIpc) is 2.86. The van der Waals surface area contributed by atoms with E-state index < -0.39 is 0 Å². The van der Waals surface area contributed by atoms with Crippen molar-refractivity contribution >= 4 is 16.7 Å². The molecule has 1 atom stereocenters. The second-order valence-electron chi connectivity index (χ2n) is 6.05. The predicted molar refractivity (Wildman–Crippen MR) is 82.1 cm³/mol. The second kappa shape index (κ2) is 6.66. The number of nitrogens with zero attached hydrogens (tertiary/aromatic N) is 3. The van der Waals surface area contributed by atoms with E-state index in [1.807, 2.05) is 0 Å². The molecule has 1 saturated heterocycles. The Balaban J connectivity index is 2.05. The Hall–Kier alpha value is -0.680. The number of aromatic nitrogens is 2. The molecule has 0 aliphatic carbocycles. The monoisotopic (exact) mass is 282 g/mol. The van der Waals surface area contributed by atoms with E-state index in [-0.39, 0.29) is 0 Å². The number of anilines is 1. The third kappa shape index (κ3) is 3.89. The normalized spacial score (nSPS) is 20.2. The molecule has 4 nitrogen and oxygen atoms in total. The summed E-state index contributed by atoms with van der Waals surface area (Å²) in [5.41, 5.74) is 0. The second-order valence-corrected chi connectivity index (χ2v) is 6.78. The van der Waals surface area contributed by atoms with E-state index in [0.717, 1.165) is 30.0 Å². The molecule has 1 aliphatic rings. The Labute approximate surface area is 120 Å². The van der Waals surface area contributed by atoms with Crippen LogP contribution in [0.4, 0.5) is 5.13 Å². The minimum Gasteiger partial charge on any atom is -0.344 e. The highest BCUT2D eigenvalue weighted by Crippen LogP contribution is 2.25. The van der Waals surface area contributed by atoms with Crippen LogP contribution < -0.4 is 10.2 Å². The van der Waals surface area contributed by atoms with Gasteiger partial charge in [-0.15, -0.1) is 0 Å². The van der Waals surface area contributed by atoms with Crippen molar-refractivity contribution in [2.24, 2.45) is 5.92 Å². The zero-order valence-electron chi connectivity index (χ0n) is 12.5. The summed E-state index contributed by atoms with van der Waals surface area (Å²) in [4.78, 5) is 7.13. The molecule has 19 heavy (non-hydrogen) atoms. The molecular formula is C14H26N4S. The van der Waals surface area contributed by atoms with Crippen LogP contribution in [0.25, 0.3) is 0 Å². The van der Waals surface area contributed by atoms with E-state index in [2.05, 4.69) is 42.3 Å². The number of hydrogen-bond acceptors (Lipinski definition) is 5. The van der Waals surface area contributed by atoms with E-state index in [1.165, 1.54) is 19.4 Å².